The molecule has 1 aliphatic carbocycles. The highest BCUT2D eigenvalue weighted by molar-refractivity contribution is 5.52. The number of methoxy groups -OCH3 is 1. The maximum absolute atomic E-state index is 9.23. The second kappa shape index (κ2) is 5.52. The largest absolute Gasteiger partial charge is 0.496 e. The van der Waals surface area contributed by atoms with Crippen LogP contribution in [0, 0.1) is 16.7 Å². The Bertz CT molecular complexity index is 484. The van der Waals surface area contributed by atoms with Crippen molar-refractivity contribution in [1.82, 2.24) is 0 Å². The van der Waals surface area contributed by atoms with Crippen LogP contribution in [0.4, 0.5) is 5.69 Å². The molecule has 19 heavy (non-hydrogen) atoms. The van der Waals surface area contributed by atoms with Crippen molar-refractivity contribution in [3.05, 3.63) is 23.8 Å². The summed E-state index contributed by atoms with van der Waals surface area (Å²) in [6, 6.07) is 8.61. The van der Waals surface area contributed by atoms with Gasteiger partial charge < -0.3 is 10.1 Å². The van der Waals surface area contributed by atoms with Gasteiger partial charge in [0.15, 0.2) is 0 Å². The molecule has 0 unspecified atom stereocenters. The van der Waals surface area contributed by atoms with Gasteiger partial charge in [-0.05, 0) is 42.5 Å². The van der Waals surface area contributed by atoms with E-state index in [1.165, 1.54) is 12.0 Å². The first-order chi connectivity index (χ1) is 9.10. The van der Waals surface area contributed by atoms with E-state index in [0.29, 0.717) is 5.92 Å². The van der Waals surface area contributed by atoms with Crippen molar-refractivity contribution >= 4 is 5.69 Å². The lowest BCUT2D eigenvalue weighted by atomic mass is 9.70. The van der Waals surface area contributed by atoms with E-state index in [2.05, 4.69) is 31.3 Å². The highest BCUT2D eigenvalue weighted by Crippen LogP contribution is 2.40. The molecule has 0 atom stereocenters. The molecule has 1 fully saturated rings. The van der Waals surface area contributed by atoms with E-state index in [0.717, 1.165) is 30.8 Å². The van der Waals surface area contributed by atoms with Gasteiger partial charge in [-0.1, -0.05) is 20.3 Å². The van der Waals surface area contributed by atoms with Crippen molar-refractivity contribution in [2.75, 3.05) is 19.0 Å². The van der Waals surface area contributed by atoms with Crippen LogP contribution >= 0.6 is 0 Å². The van der Waals surface area contributed by atoms with Gasteiger partial charge in [-0.3, -0.25) is 0 Å². The third kappa shape index (κ3) is 2.84. The Labute approximate surface area is 115 Å². The minimum Gasteiger partial charge on any atom is -0.496 e. The van der Waals surface area contributed by atoms with Crippen LogP contribution in [0.25, 0.3) is 0 Å². The van der Waals surface area contributed by atoms with Crippen LogP contribution in [0.5, 0.6) is 5.75 Å². The molecule has 0 aliphatic heterocycles. The van der Waals surface area contributed by atoms with Gasteiger partial charge in [0.1, 0.15) is 5.75 Å². The van der Waals surface area contributed by atoms with E-state index in [-0.39, 0.29) is 5.41 Å². The Hall–Kier alpha value is -1.69. The molecule has 0 heterocycles. The summed E-state index contributed by atoms with van der Waals surface area (Å²) in [4.78, 5) is 0. The molecule has 3 nitrogen and oxygen atoms in total. The number of nitriles is 1. The van der Waals surface area contributed by atoms with Gasteiger partial charge >= 0.3 is 0 Å². The van der Waals surface area contributed by atoms with Crippen LogP contribution in [0.2, 0.25) is 0 Å². The maximum Gasteiger partial charge on any atom is 0.122 e. The minimum absolute atomic E-state index is 0.141. The van der Waals surface area contributed by atoms with Crippen molar-refractivity contribution in [2.24, 2.45) is 5.41 Å². The first kappa shape index (κ1) is 13.7. The zero-order valence-corrected chi connectivity index (χ0v) is 12.0. The third-order valence-corrected chi connectivity index (χ3v) is 4.03. The molecular formula is C16H22N2O. The van der Waals surface area contributed by atoms with E-state index in [4.69, 9.17) is 4.74 Å². The summed E-state index contributed by atoms with van der Waals surface area (Å²) in [5.74, 6) is 1.35. The number of hydrogen-bond acceptors (Lipinski definition) is 3. The summed E-state index contributed by atoms with van der Waals surface area (Å²) in [7, 11) is 1.70. The summed E-state index contributed by atoms with van der Waals surface area (Å²) in [6.07, 6.45) is 3.21. The van der Waals surface area contributed by atoms with Gasteiger partial charge in [-0.15, -0.1) is 0 Å². The SMILES string of the molecule is COc1ccc(NCC2(C#N)CCC2)cc1C(C)C. The minimum atomic E-state index is -0.141. The van der Waals surface area contributed by atoms with Gasteiger partial charge in [-0.25, -0.2) is 0 Å². The number of rotatable bonds is 5. The highest BCUT2D eigenvalue weighted by atomic mass is 16.5. The summed E-state index contributed by atoms with van der Waals surface area (Å²) in [6.45, 7) is 5.06. The molecule has 102 valence electrons. The molecule has 0 radical (unpaired) electrons. The lowest BCUT2D eigenvalue weighted by Crippen LogP contribution is -2.35. The number of ether oxygens (including phenoxy) is 1. The predicted octanol–water partition coefficient (Wildman–Crippen LogP) is 3.92. The van der Waals surface area contributed by atoms with Gasteiger partial charge in [0.2, 0.25) is 0 Å². The fraction of sp³-hybridized carbons (Fsp3) is 0.562. The van der Waals surface area contributed by atoms with E-state index < -0.39 is 0 Å². The van der Waals surface area contributed by atoms with Crippen LogP contribution in [0.15, 0.2) is 18.2 Å². The molecule has 0 saturated heterocycles. The van der Waals surface area contributed by atoms with Gasteiger partial charge in [0.05, 0.1) is 18.6 Å². The number of hydrogen-bond donors (Lipinski definition) is 1. The van der Waals surface area contributed by atoms with Crippen molar-refractivity contribution in [3.8, 4) is 11.8 Å². The standard InChI is InChI=1S/C16H22N2O/c1-12(2)14-9-13(5-6-15(14)19-3)18-11-16(10-17)7-4-8-16/h5-6,9,12,18H,4,7-8,11H2,1-3H3. The first-order valence-electron chi connectivity index (χ1n) is 6.93. The van der Waals surface area contributed by atoms with Crippen molar-refractivity contribution in [2.45, 2.75) is 39.0 Å². The number of benzene rings is 1. The van der Waals surface area contributed by atoms with Crippen molar-refractivity contribution < 1.29 is 4.74 Å². The fourth-order valence-electron chi connectivity index (χ4n) is 2.50. The first-order valence-corrected chi connectivity index (χ1v) is 6.93. The van der Waals surface area contributed by atoms with E-state index in [1.807, 2.05) is 12.1 Å². The molecule has 1 aromatic carbocycles. The third-order valence-electron chi connectivity index (χ3n) is 4.03. The highest BCUT2D eigenvalue weighted by Gasteiger charge is 2.36. The molecule has 1 aliphatic rings. The Balaban J connectivity index is 2.09. The molecule has 0 bridgehead atoms. The zero-order valence-electron chi connectivity index (χ0n) is 12.0. The maximum atomic E-state index is 9.23. The Morgan fingerprint density at radius 3 is 2.63 bits per heavy atom. The Morgan fingerprint density at radius 1 is 1.42 bits per heavy atom. The van der Waals surface area contributed by atoms with Gasteiger partial charge in [-0.2, -0.15) is 5.26 Å². The quantitative estimate of drug-likeness (QED) is 0.870. The second-order valence-corrected chi connectivity index (χ2v) is 5.71. The van der Waals surface area contributed by atoms with Crippen molar-refractivity contribution in [1.29, 1.82) is 5.26 Å². The molecule has 0 amide bonds. The second-order valence-electron chi connectivity index (χ2n) is 5.71. The lowest BCUT2D eigenvalue weighted by Gasteiger charge is -2.35. The smallest absolute Gasteiger partial charge is 0.122 e. The van der Waals surface area contributed by atoms with E-state index in [1.54, 1.807) is 7.11 Å². The molecule has 0 aromatic heterocycles. The molecule has 1 aromatic rings. The average Bonchev–Trinajstić information content (AvgIpc) is 2.37. The Morgan fingerprint density at radius 2 is 2.16 bits per heavy atom. The molecule has 1 N–H and O–H groups in total. The molecule has 3 heteroatoms. The van der Waals surface area contributed by atoms with Crippen LogP contribution in [0.1, 0.15) is 44.6 Å². The zero-order chi connectivity index (χ0) is 13.9. The fourth-order valence-corrected chi connectivity index (χ4v) is 2.50. The summed E-state index contributed by atoms with van der Waals surface area (Å²) < 4.78 is 5.38. The topological polar surface area (TPSA) is 45.0 Å². The van der Waals surface area contributed by atoms with E-state index >= 15 is 0 Å². The van der Waals surface area contributed by atoms with Crippen LogP contribution in [-0.4, -0.2) is 13.7 Å². The van der Waals surface area contributed by atoms with Crippen LogP contribution in [0.3, 0.4) is 0 Å². The molecule has 2 rings (SSSR count). The molecule has 0 spiro atoms. The van der Waals surface area contributed by atoms with Crippen LogP contribution in [-0.2, 0) is 0 Å². The predicted molar refractivity (Wildman–Crippen MR) is 77.5 cm³/mol. The molecular weight excluding hydrogens is 236 g/mol. The number of nitrogens with one attached hydrogen (secondary N) is 1. The van der Waals surface area contributed by atoms with Crippen molar-refractivity contribution in [3.63, 3.8) is 0 Å². The summed E-state index contributed by atoms with van der Waals surface area (Å²) >= 11 is 0. The number of anilines is 1. The van der Waals surface area contributed by atoms with Crippen LogP contribution < -0.4 is 10.1 Å². The summed E-state index contributed by atoms with van der Waals surface area (Å²) in [5, 5.41) is 12.6. The normalized spacial score (nSPS) is 16.6. The van der Waals surface area contributed by atoms with Gasteiger partial charge in [0.25, 0.3) is 0 Å². The number of nitrogens with zero attached hydrogens (tertiary/aromatic N) is 1. The summed E-state index contributed by atoms with van der Waals surface area (Å²) in [5.41, 5.74) is 2.14. The monoisotopic (exact) mass is 258 g/mol. The molecule has 1 saturated carbocycles. The Kier molecular flexibility index (Phi) is 3.99. The average molecular weight is 258 g/mol. The van der Waals surface area contributed by atoms with Gasteiger partial charge in [0, 0.05) is 12.2 Å². The van der Waals surface area contributed by atoms with E-state index in [9.17, 15) is 5.26 Å². The lowest BCUT2D eigenvalue weighted by molar-refractivity contribution is 0.233.